The lowest BCUT2D eigenvalue weighted by Crippen LogP contribution is -2.04. The summed E-state index contributed by atoms with van der Waals surface area (Å²) in [6.45, 7) is 4.18. The summed E-state index contributed by atoms with van der Waals surface area (Å²) in [5.41, 5.74) is 1.28. The Labute approximate surface area is 96.4 Å². The fraction of sp³-hybridized carbons (Fsp3) is 0.538. The maximum Gasteiger partial charge on any atom is 0.119 e. The summed E-state index contributed by atoms with van der Waals surface area (Å²) in [6, 6.07) is 8.31. The zero-order valence-corrected chi connectivity index (χ0v) is 10.00. The van der Waals surface area contributed by atoms with Crippen LogP contribution in [0.2, 0.25) is 0 Å². The van der Waals surface area contributed by atoms with Crippen molar-refractivity contribution in [2.75, 3.05) is 0 Å². The molecule has 0 saturated heterocycles. The highest BCUT2D eigenvalue weighted by Crippen LogP contribution is 2.29. The standard InChI is InChI=1S/C13H17ClO/c1-9(10(2)14)11-3-5-12(6-4-11)15-13-7-8-13/h3-6,9-10,13H,7-8H2,1-2H3. The molecule has 1 nitrogen and oxygen atoms in total. The smallest absolute Gasteiger partial charge is 0.119 e. The van der Waals surface area contributed by atoms with E-state index < -0.39 is 0 Å². The third-order valence-corrected chi connectivity index (χ3v) is 3.30. The zero-order valence-electron chi connectivity index (χ0n) is 9.24. The van der Waals surface area contributed by atoms with Gasteiger partial charge in [0.15, 0.2) is 0 Å². The molecule has 2 rings (SSSR count). The summed E-state index contributed by atoms with van der Waals surface area (Å²) in [4.78, 5) is 0. The van der Waals surface area contributed by atoms with Gasteiger partial charge in [0, 0.05) is 5.38 Å². The average molecular weight is 225 g/mol. The van der Waals surface area contributed by atoms with Gasteiger partial charge in [0.05, 0.1) is 6.10 Å². The SMILES string of the molecule is CC(Cl)C(C)c1ccc(OC2CC2)cc1. The molecule has 1 aromatic rings. The van der Waals surface area contributed by atoms with Crippen LogP contribution in [0.3, 0.4) is 0 Å². The largest absolute Gasteiger partial charge is 0.490 e. The predicted molar refractivity (Wildman–Crippen MR) is 63.8 cm³/mol. The lowest BCUT2D eigenvalue weighted by Gasteiger charge is -2.14. The van der Waals surface area contributed by atoms with Crippen molar-refractivity contribution in [2.45, 2.75) is 44.1 Å². The molecule has 0 aliphatic heterocycles. The summed E-state index contributed by atoms with van der Waals surface area (Å²) in [7, 11) is 0. The predicted octanol–water partition coefficient (Wildman–Crippen LogP) is 3.96. The maximum absolute atomic E-state index is 6.07. The van der Waals surface area contributed by atoms with Gasteiger partial charge < -0.3 is 4.74 Å². The Balaban J connectivity index is 2.02. The van der Waals surface area contributed by atoms with E-state index >= 15 is 0 Å². The molecule has 1 fully saturated rings. The van der Waals surface area contributed by atoms with Gasteiger partial charge >= 0.3 is 0 Å². The second kappa shape index (κ2) is 4.44. The molecule has 1 saturated carbocycles. The molecule has 1 aliphatic rings. The van der Waals surface area contributed by atoms with E-state index in [2.05, 4.69) is 19.1 Å². The van der Waals surface area contributed by atoms with Gasteiger partial charge in [-0.05, 0) is 43.4 Å². The third kappa shape index (κ3) is 2.88. The Morgan fingerprint density at radius 1 is 1.20 bits per heavy atom. The Morgan fingerprint density at radius 2 is 1.80 bits per heavy atom. The first kappa shape index (κ1) is 10.8. The van der Waals surface area contributed by atoms with Crippen LogP contribution in [0, 0.1) is 0 Å². The van der Waals surface area contributed by atoms with E-state index in [1.165, 1.54) is 18.4 Å². The van der Waals surface area contributed by atoms with Crippen LogP contribution in [-0.2, 0) is 0 Å². The van der Waals surface area contributed by atoms with Crippen molar-refractivity contribution in [3.05, 3.63) is 29.8 Å². The highest BCUT2D eigenvalue weighted by molar-refractivity contribution is 6.20. The molecule has 0 bridgehead atoms. The van der Waals surface area contributed by atoms with E-state index in [0.717, 1.165) is 5.75 Å². The molecule has 0 aromatic heterocycles. The van der Waals surface area contributed by atoms with Crippen molar-refractivity contribution in [1.29, 1.82) is 0 Å². The van der Waals surface area contributed by atoms with Crippen molar-refractivity contribution in [1.82, 2.24) is 0 Å². The normalized spacial score (nSPS) is 19.7. The molecule has 0 heterocycles. The minimum Gasteiger partial charge on any atom is -0.490 e. The van der Waals surface area contributed by atoms with Crippen molar-refractivity contribution in [2.24, 2.45) is 0 Å². The molecule has 2 unspecified atom stereocenters. The van der Waals surface area contributed by atoms with Crippen molar-refractivity contribution in [3.8, 4) is 5.75 Å². The molecule has 0 radical (unpaired) electrons. The molecular weight excluding hydrogens is 208 g/mol. The first-order chi connectivity index (χ1) is 7.16. The maximum atomic E-state index is 6.07. The van der Waals surface area contributed by atoms with E-state index in [-0.39, 0.29) is 5.38 Å². The number of rotatable bonds is 4. The third-order valence-electron chi connectivity index (χ3n) is 2.92. The van der Waals surface area contributed by atoms with Gasteiger partial charge in [-0.3, -0.25) is 0 Å². The monoisotopic (exact) mass is 224 g/mol. The minimum absolute atomic E-state index is 0.167. The fourth-order valence-electron chi connectivity index (χ4n) is 1.49. The summed E-state index contributed by atoms with van der Waals surface area (Å²) in [6.07, 6.45) is 2.88. The molecular formula is C13H17ClO. The van der Waals surface area contributed by atoms with Gasteiger partial charge in [0.1, 0.15) is 5.75 Å². The van der Waals surface area contributed by atoms with Crippen LogP contribution in [0.15, 0.2) is 24.3 Å². The first-order valence-electron chi connectivity index (χ1n) is 5.57. The number of alkyl halides is 1. The van der Waals surface area contributed by atoms with E-state index in [1.807, 2.05) is 19.1 Å². The van der Waals surface area contributed by atoms with E-state index in [9.17, 15) is 0 Å². The number of hydrogen-bond donors (Lipinski definition) is 0. The van der Waals surface area contributed by atoms with Gasteiger partial charge in [-0.15, -0.1) is 11.6 Å². The van der Waals surface area contributed by atoms with Crippen LogP contribution in [0.4, 0.5) is 0 Å². The molecule has 2 heteroatoms. The highest BCUT2D eigenvalue weighted by atomic mass is 35.5. The minimum atomic E-state index is 0.167. The van der Waals surface area contributed by atoms with Crippen molar-refractivity contribution >= 4 is 11.6 Å². The number of hydrogen-bond acceptors (Lipinski definition) is 1. The summed E-state index contributed by atoms with van der Waals surface area (Å²) >= 11 is 6.07. The van der Waals surface area contributed by atoms with Crippen LogP contribution < -0.4 is 4.74 Å². The van der Waals surface area contributed by atoms with Gasteiger partial charge in [0.25, 0.3) is 0 Å². The number of ether oxygens (including phenoxy) is 1. The lowest BCUT2D eigenvalue weighted by molar-refractivity contribution is 0.303. The van der Waals surface area contributed by atoms with Crippen molar-refractivity contribution < 1.29 is 4.74 Å². The molecule has 15 heavy (non-hydrogen) atoms. The Kier molecular flexibility index (Phi) is 3.20. The molecule has 82 valence electrons. The van der Waals surface area contributed by atoms with Crippen molar-refractivity contribution in [3.63, 3.8) is 0 Å². The molecule has 1 aromatic carbocycles. The Hall–Kier alpha value is -0.690. The molecule has 2 atom stereocenters. The lowest BCUT2D eigenvalue weighted by atomic mass is 9.98. The molecule has 0 spiro atoms. The quantitative estimate of drug-likeness (QED) is 0.704. The first-order valence-corrected chi connectivity index (χ1v) is 6.01. The van der Waals surface area contributed by atoms with Crippen LogP contribution in [0.1, 0.15) is 38.2 Å². The van der Waals surface area contributed by atoms with Crippen LogP contribution in [-0.4, -0.2) is 11.5 Å². The van der Waals surface area contributed by atoms with Gasteiger partial charge in [-0.1, -0.05) is 19.1 Å². The second-order valence-electron chi connectivity index (χ2n) is 4.35. The summed E-state index contributed by atoms with van der Waals surface area (Å²) in [5, 5.41) is 0.167. The van der Waals surface area contributed by atoms with Gasteiger partial charge in [0.2, 0.25) is 0 Å². The van der Waals surface area contributed by atoms with Gasteiger partial charge in [-0.25, -0.2) is 0 Å². The average Bonchev–Trinajstić information content (AvgIpc) is 3.02. The number of benzene rings is 1. The zero-order chi connectivity index (χ0) is 10.8. The second-order valence-corrected chi connectivity index (χ2v) is 5.04. The van der Waals surface area contributed by atoms with Gasteiger partial charge in [-0.2, -0.15) is 0 Å². The molecule has 1 aliphatic carbocycles. The Bertz CT molecular complexity index is 314. The number of halogens is 1. The van der Waals surface area contributed by atoms with Crippen LogP contribution in [0.25, 0.3) is 0 Å². The molecule has 0 N–H and O–H groups in total. The fourth-order valence-corrected chi connectivity index (χ4v) is 1.64. The van der Waals surface area contributed by atoms with E-state index in [4.69, 9.17) is 16.3 Å². The van der Waals surface area contributed by atoms with E-state index in [1.54, 1.807) is 0 Å². The van der Waals surface area contributed by atoms with Crippen LogP contribution >= 0.6 is 11.6 Å². The summed E-state index contributed by atoms with van der Waals surface area (Å²) < 4.78 is 5.69. The molecule has 0 amide bonds. The Morgan fingerprint density at radius 3 is 2.27 bits per heavy atom. The topological polar surface area (TPSA) is 9.23 Å². The summed E-state index contributed by atoms with van der Waals surface area (Å²) in [5.74, 6) is 1.37. The highest BCUT2D eigenvalue weighted by Gasteiger charge is 2.23. The van der Waals surface area contributed by atoms with E-state index in [0.29, 0.717) is 12.0 Å². The van der Waals surface area contributed by atoms with Crippen LogP contribution in [0.5, 0.6) is 5.75 Å².